The van der Waals surface area contributed by atoms with E-state index in [4.69, 9.17) is 17.3 Å². The quantitative estimate of drug-likeness (QED) is 0.557. The number of halogens is 1. The van der Waals surface area contributed by atoms with Gasteiger partial charge < -0.3 is 5.73 Å². The van der Waals surface area contributed by atoms with E-state index in [2.05, 4.69) is 9.97 Å². The van der Waals surface area contributed by atoms with Gasteiger partial charge in [0, 0.05) is 12.6 Å². The number of rotatable bonds is 2. The Balaban J connectivity index is 3.09. The molecular weight excluding hydrogens is 178 g/mol. The Morgan fingerprint density at radius 1 is 1.75 bits per heavy atom. The summed E-state index contributed by atoms with van der Waals surface area (Å²) >= 11 is 5.45. The summed E-state index contributed by atoms with van der Waals surface area (Å²) in [5.41, 5.74) is 5.78. The fraction of sp³-hybridized carbons (Fsp3) is 0.286. The van der Waals surface area contributed by atoms with Crippen LogP contribution >= 0.6 is 11.6 Å². The molecule has 0 bridgehead atoms. The molecule has 0 amide bonds. The molecule has 4 nitrogen and oxygen atoms in total. The number of Topliss-reactive ketones (excluding diaryl/α,β-unsaturated/α-hetero) is 1. The van der Waals surface area contributed by atoms with Crippen LogP contribution in [0, 0.1) is 0 Å². The van der Waals surface area contributed by atoms with Gasteiger partial charge in [-0.3, -0.25) is 4.79 Å². The molecular formula is C7H8ClN3O. The van der Waals surface area contributed by atoms with Gasteiger partial charge in [-0.05, 0) is 11.6 Å². The van der Waals surface area contributed by atoms with E-state index in [1.807, 2.05) is 0 Å². The number of nitrogens with zero attached hydrogens (tertiary/aromatic N) is 2. The summed E-state index contributed by atoms with van der Waals surface area (Å²) in [6, 6.07) is 0. The van der Waals surface area contributed by atoms with Crippen LogP contribution < -0.4 is 5.73 Å². The van der Waals surface area contributed by atoms with Crippen molar-refractivity contribution in [2.75, 3.05) is 5.73 Å². The highest BCUT2D eigenvalue weighted by Gasteiger charge is 2.09. The number of carbonyl (C=O) groups is 1. The first kappa shape index (κ1) is 8.93. The third kappa shape index (κ3) is 1.71. The smallest absolute Gasteiger partial charge is 0.224 e. The second-order valence-electron chi connectivity index (χ2n) is 2.21. The molecule has 0 spiro atoms. The van der Waals surface area contributed by atoms with Gasteiger partial charge in [-0.1, -0.05) is 6.92 Å². The van der Waals surface area contributed by atoms with Gasteiger partial charge in [0.15, 0.2) is 5.78 Å². The maximum atomic E-state index is 11.1. The molecule has 5 heteroatoms. The Bertz CT molecular complexity index is 314. The van der Waals surface area contributed by atoms with Crippen molar-refractivity contribution in [3.05, 3.63) is 17.0 Å². The van der Waals surface area contributed by atoms with Gasteiger partial charge >= 0.3 is 0 Å². The molecule has 0 aromatic carbocycles. The molecule has 1 rings (SSSR count). The van der Waals surface area contributed by atoms with Crippen molar-refractivity contribution in [3.63, 3.8) is 0 Å². The molecule has 0 aliphatic carbocycles. The fourth-order valence-electron chi connectivity index (χ4n) is 0.778. The molecule has 0 fully saturated rings. The van der Waals surface area contributed by atoms with E-state index in [-0.39, 0.29) is 16.9 Å². The predicted octanol–water partition coefficient (Wildman–Crippen LogP) is 1.30. The minimum absolute atomic E-state index is 0.0557. The molecule has 1 aromatic heterocycles. The van der Waals surface area contributed by atoms with Crippen LogP contribution in [0.25, 0.3) is 0 Å². The molecule has 0 radical (unpaired) electrons. The minimum Gasteiger partial charge on any atom is -0.383 e. The molecule has 1 aromatic rings. The molecule has 0 unspecified atom stereocenters. The van der Waals surface area contributed by atoms with Gasteiger partial charge in [0.2, 0.25) is 5.28 Å². The summed E-state index contributed by atoms with van der Waals surface area (Å²) in [7, 11) is 0. The maximum absolute atomic E-state index is 11.1. The van der Waals surface area contributed by atoms with Crippen molar-refractivity contribution in [1.82, 2.24) is 9.97 Å². The van der Waals surface area contributed by atoms with Crippen LogP contribution in [0.3, 0.4) is 0 Å². The Kier molecular flexibility index (Phi) is 2.60. The number of ketones is 1. The second kappa shape index (κ2) is 3.49. The Morgan fingerprint density at radius 2 is 2.42 bits per heavy atom. The average molecular weight is 186 g/mol. The first-order valence-electron chi connectivity index (χ1n) is 3.46. The van der Waals surface area contributed by atoms with Crippen molar-refractivity contribution in [2.45, 2.75) is 13.3 Å². The van der Waals surface area contributed by atoms with Crippen molar-refractivity contribution in [3.8, 4) is 0 Å². The number of nitrogens with two attached hydrogens (primary N) is 1. The zero-order valence-electron chi connectivity index (χ0n) is 6.54. The molecule has 2 N–H and O–H groups in total. The predicted molar refractivity (Wildman–Crippen MR) is 46.1 cm³/mol. The standard InChI is InChI=1S/C7H8ClN3O/c1-2-5(12)4-3-10-7(8)11-6(4)9/h3H,2H2,1H3,(H2,9,10,11). The van der Waals surface area contributed by atoms with E-state index in [0.717, 1.165) is 0 Å². The van der Waals surface area contributed by atoms with E-state index in [0.29, 0.717) is 12.0 Å². The van der Waals surface area contributed by atoms with Gasteiger partial charge in [-0.2, -0.15) is 0 Å². The topological polar surface area (TPSA) is 68.9 Å². The summed E-state index contributed by atoms with van der Waals surface area (Å²) in [5.74, 6) is 0.0611. The molecule has 64 valence electrons. The van der Waals surface area contributed by atoms with E-state index in [1.54, 1.807) is 6.92 Å². The van der Waals surface area contributed by atoms with Crippen LogP contribution in [0.5, 0.6) is 0 Å². The highest BCUT2D eigenvalue weighted by Crippen LogP contribution is 2.11. The maximum Gasteiger partial charge on any atom is 0.224 e. The second-order valence-corrected chi connectivity index (χ2v) is 2.55. The van der Waals surface area contributed by atoms with Crippen molar-refractivity contribution < 1.29 is 4.79 Å². The van der Waals surface area contributed by atoms with Gasteiger partial charge in [0.05, 0.1) is 5.56 Å². The van der Waals surface area contributed by atoms with Crippen LogP contribution in [0.2, 0.25) is 5.28 Å². The molecule has 1 heterocycles. The summed E-state index contributed by atoms with van der Waals surface area (Å²) in [5, 5.41) is 0.0557. The minimum atomic E-state index is -0.0795. The summed E-state index contributed by atoms with van der Waals surface area (Å²) in [6.07, 6.45) is 1.73. The molecule has 12 heavy (non-hydrogen) atoms. The van der Waals surface area contributed by atoms with Crippen LogP contribution in [0.4, 0.5) is 5.82 Å². The number of anilines is 1. The number of hydrogen-bond acceptors (Lipinski definition) is 4. The Morgan fingerprint density at radius 3 is 2.92 bits per heavy atom. The zero-order chi connectivity index (χ0) is 9.14. The largest absolute Gasteiger partial charge is 0.383 e. The molecule has 0 aliphatic rings. The zero-order valence-corrected chi connectivity index (χ0v) is 7.30. The summed E-state index contributed by atoms with van der Waals surface area (Å²) in [6.45, 7) is 1.75. The normalized spacial score (nSPS) is 9.83. The van der Waals surface area contributed by atoms with Crippen molar-refractivity contribution in [2.24, 2.45) is 0 Å². The monoisotopic (exact) mass is 185 g/mol. The lowest BCUT2D eigenvalue weighted by molar-refractivity contribution is 0.0988. The van der Waals surface area contributed by atoms with E-state index in [1.165, 1.54) is 6.20 Å². The fourth-order valence-corrected chi connectivity index (χ4v) is 0.918. The summed E-state index contributed by atoms with van der Waals surface area (Å²) < 4.78 is 0. The highest BCUT2D eigenvalue weighted by atomic mass is 35.5. The Hall–Kier alpha value is -1.16. The first-order chi connectivity index (χ1) is 5.65. The van der Waals surface area contributed by atoms with Crippen LogP contribution in [-0.2, 0) is 0 Å². The van der Waals surface area contributed by atoms with Gasteiger partial charge in [0.25, 0.3) is 0 Å². The lowest BCUT2D eigenvalue weighted by atomic mass is 10.1. The third-order valence-electron chi connectivity index (χ3n) is 1.41. The summed E-state index contributed by atoms with van der Waals surface area (Å²) in [4.78, 5) is 18.5. The average Bonchev–Trinajstić information content (AvgIpc) is 2.03. The van der Waals surface area contributed by atoms with Gasteiger partial charge in [-0.15, -0.1) is 0 Å². The molecule has 0 saturated heterocycles. The van der Waals surface area contributed by atoms with Crippen LogP contribution in [0.15, 0.2) is 6.20 Å². The lowest BCUT2D eigenvalue weighted by Gasteiger charge is -2.00. The number of aromatic nitrogens is 2. The Labute approximate surface area is 74.8 Å². The van der Waals surface area contributed by atoms with Gasteiger partial charge in [-0.25, -0.2) is 9.97 Å². The van der Waals surface area contributed by atoms with Crippen LogP contribution in [0.1, 0.15) is 23.7 Å². The van der Waals surface area contributed by atoms with Crippen molar-refractivity contribution >= 4 is 23.2 Å². The lowest BCUT2D eigenvalue weighted by Crippen LogP contribution is -2.05. The highest BCUT2D eigenvalue weighted by molar-refractivity contribution is 6.28. The van der Waals surface area contributed by atoms with E-state index >= 15 is 0 Å². The molecule has 0 saturated carbocycles. The van der Waals surface area contributed by atoms with E-state index in [9.17, 15) is 4.79 Å². The SMILES string of the molecule is CCC(=O)c1cnc(Cl)nc1N. The van der Waals surface area contributed by atoms with E-state index < -0.39 is 0 Å². The molecule has 0 atom stereocenters. The van der Waals surface area contributed by atoms with Crippen molar-refractivity contribution in [1.29, 1.82) is 0 Å². The third-order valence-corrected chi connectivity index (χ3v) is 1.59. The first-order valence-corrected chi connectivity index (χ1v) is 3.84. The number of carbonyl (C=O) groups excluding carboxylic acids is 1. The van der Waals surface area contributed by atoms with Crippen LogP contribution in [-0.4, -0.2) is 15.8 Å². The number of nitrogen functional groups attached to an aromatic ring is 1. The molecule has 0 aliphatic heterocycles. The number of hydrogen-bond donors (Lipinski definition) is 1. The van der Waals surface area contributed by atoms with Gasteiger partial charge in [0.1, 0.15) is 5.82 Å².